The Hall–Kier alpha value is -4.15. The van der Waals surface area contributed by atoms with E-state index in [1.807, 2.05) is 72.8 Å². The number of rotatable bonds is 15. The standard InChI is InChI=1S/C39H46O12P2/c1-6-46-52(42,47-7-2)50-38-31-18-12-20-33(38)25-34-21-13-19-32(39(34)51-53(43,48-8-3)49-9-4)24-30-17-11-16-29(37(30)45-26-35(40)44-5)22-27-14-10-15-28(23-31)36(27)41/h10-21,41H,6-9,22-26H2,1-5H3. The fraction of sp³-hybridized carbons (Fsp3) is 0.359. The molecule has 8 bridgehead atoms. The zero-order valence-corrected chi connectivity index (χ0v) is 32.4. The van der Waals surface area contributed by atoms with Crippen molar-refractivity contribution in [3.63, 3.8) is 0 Å². The molecule has 0 atom stereocenters. The number of phenols is 1. The highest BCUT2D eigenvalue weighted by molar-refractivity contribution is 7.49. The number of hydrogen-bond donors (Lipinski definition) is 1. The van der Waals surface area contributed by atoms with Crippen molar-refractivity contribution in [2.45, 2.75) is 53.4 Å². The molecule has 0 saturated heterocycles. The van der Waals surface area contributed by atoms with Crippen LogP contribution in [0.25, 0.3) is 0 Å². The van der Waals surface area contributed by atoms with Gasteiger partial charge in [-0.1, -0.05) is 72.8 Å². The zero-order chi connectivity index (χ0) is 38.0. The van der Waals surface area contributed by atoms with Gasteiger partial charge in [0, 0.05) is 25.7 Å². The number of aromatic hydroxyl groups is 1. The maximum Gasteiger partial charge on any atom is 0.530 e. The second kappa shape index (κ2) is 18.3. The first-order valence-electron chi connectivity index (χ1n) is 17.5. The van der Waals surface area contributed by atoms with Gasteiger partial charge in [0.15, 0.2) is 6.61 Å². The van der Waals surface area contributed by atoms with Gasteiger partial charge in [-0.05, 0) is 72.2 Å². The molecule has 0 fully saturated rings. The van der Waals surface area contributed by atoms with Gasteiger partial charge in [0.1, 0.15) is 23.0 Å². The molecule has 0 saturated carbocycles. The minimum Gasteiger partial charge on any atom is -0.507 e. The van der Waals surface area contributed by atoms with Gasteiger partial charge in [-0.15, -0.1) is 0 Å². The molecule has 12 nitrogen and oxygen atoms in total. The number of hydrogen-bond acceptors (Lipinski definition) is 12. The maximum absolute atomic E-state index is 14.0. The van der Waals surface area contributed by atoms with E-state index in [1.54, 1.807) is 27.7 Å². The summed E-state index contributed by atoms with van der Waals surface area (Å²) >= 11 is 0. The number of methoxy groups -OCH3 is 1. The number of carbonyl (C=O) groups is 1. The highest BCUT2D eigenvalue weighted by Gasteiger charge is 2.33. The summed E-state index contributed by atoms with van der Waals surface area (Å²) in [6, 6.07) is 22.1. The van der Waals surface area contributed by atoms with Crippen LogP contribution in [0.2, 0.25) is 0 Å². The normalized spacial score (nSPS) is 12.9. The molecule has 284 valence electrons. The summed E-state index contributed by atoms with van der Waals surface area (Å²) in [7, 11) is -6.92. The van der Waals surface area contributed by atoms with Crippen molar-refractivity contribution in [2.24, 2.45) is 0 Å². The molecule has 0 heterocycles. The second-order valence-corrected chi connectivity index (χ2v) is 15.1. The third-order valence-electron chi connectivity index (χ3n) is 8.38. The molecule has 14 heteroatoms. The molecule has 1 aliphatic rings. The molecule has 53 heavy (non-hydrogen) atoms. The van der Waals surface area contributed by atoms with Crippen LogP contribution in [-0.2, 0) is 62.4 Å². The van der Waals surface area contributed by atoms with Crippen molar-refractivity contribution >= 4 is 21.6 Å². The number of para-hydroxylation sites is 4. The van der Waals surface area contributed by atoms with Gasteiger partial charge in [-0.3, -0.25) is 18.1 Å². The van der Waals surface area contributed by atoms with Crippen molar-refractivity contribution in [2.75, 3.05) is 40.1 Å². The van der Waals surface area contributed by atoms with Gasteiger partial charge in [0.25, 0.3) is 0 Å². The second-order valence-electron chi connectivity index (χ2n) is 12.0. The van der Waals surface area contributed by atoms with E-state index in [0.29, 0.717) is 50.3 Å². The van der Waals surface area contributed by atoms with Gasteiger partial charge >= 0.3 is 21.6 Å². The van der Waals surface area contributed by atoms with Crippen LogP contribution in [0, 0.1) is 0 Å². The lowest BCUT2D eigenvalue weighted by Gasteiger charge is -2.24. The van der Waals surface area contributed by atoms with Crippen molar-refractivity contribution in [3.05, 3.63) is 117 Å². The van der Waals surface area contributed by atoms with Crippen LogP contribution >= 0.6 is 15.6 Å². The molecular formula is C39H46O12P2. The van der Waals surface area contributed by atoms with Crippen LogP contribution in [0.5, 0.6) is 23.0 Å². The number of phosphoric ester groups is 2. The summed E-state index contributed by atoms with van der Waals surface area (Å²) in [5.74, 6) is 0.461. The molecule has 5 rings (SSSR count). The van der Waals surface area contributed by atoms with Gasteiger partial charge < -0.3 is 23.6 Å². The highest BCUT2D eigenvalue weighted by atomic mass is 31.2. The fourth-order valence-electron chi connectivity index (χ4n) is 6.15. The number of phosphoric acid groups is 2. The number of carbonyl (C=O) groups excluding carboxylic acids is 1. The first-order chi connectivity index (χ1) is 25.6. The van der Waals surface area contributed by atoms with Crippen molar-refractivity contribution in [3.8, 4) is 23.0 Å². The Balaban J connectivity index is 1.78. The smallest absolute Gasteiger partial charge is 0.507 e. The lowest BCUT2D eigenvalue weighted by Crippen LogP contribution is -2.15. The summed E-state index contributed by atoms with van der Waals surface area (Å²) in [5.41, 5.74) is 5.02. The van der Waals surface area contributed by atoms with E-state index >= 15 is 0 Å². The summed E-state index contributed by atoms with van der Waals surface area (Å²) in [6.07, 6.45) is 0.816. The predicted molar refractivity (Wildman–Crippen MR) is 199 cm³/mol. The van der Waals surface area contributed by atoms with Gasteiger partial charge in [-0.2, -0.15) is 0 Å². The number of benzene rings is 4. The van der Waals surface area contributed by atoms with Crippen molar-refractivity contribution in [1.82, 2.24) is 0 Å². The third-order valence-corrected chi connectivity index (χ3v) is 11.5. The van der Waals surface area contributed by atoms with Gasteiger partial charge in [-0.25, -0.2) is 13.9 Å². The largest absolute Gasteiger partial charge is 0.530 e. The minimum atomic E-state index is -4.11. The fourth-order valence-corrected chi connectivity index (χ4v) is 8.69. The lowest BCUT2D eigenvalue weighted by molar-refractivity contribution is -0.142. The van der Waals surface area contributed by atoms with Crippen LogP contribution in [0.3, 0.4) is 0 Å². The van der Waals surface area contributed by atoms with Crippen LogP contribution in [0.1, 0.15) is 72.2 Å². The molecular weight excluding hydrogens is 722 g/mol. The number of fused-ring (bicyclic) bond motifs is 8. The molecule has 0 radical (unpaired) electrons. The topological polar surface area (TPSA) is 145 Å². The Bertz CT molecular complexity index is 1980. The lowest BCUT2D eigenvalue weighted by atomic mass is 9.91. The number of ether oxygens (including phenoxy) is 2. The predicted octanol–water partition coefficient (Wildman–Crippen LogP) is 8.74. The quantitative estimate of drug-likeness (QED) is 0.0803. The molecule has 0 unspecified atom stereocenters. The van der Waals surface area contributed by atoms with E-state index < -0.39 is 21.6 Å². The van der Waals surface area contributed by atoms with Crippen LogP contribution in [0.15, 0.2) is 72.8 Å². The van der Waals surface area contributed by atoms with Crippen LogP contribution < -0.4 is 13.8 Å². The molecule has 4 aromatic carbocycles. The maximum atomic E-state index is 14.0. The van der Waals surface area contributed by atoms with E-state index in [-0.39, 0.29) is 76.0 Å². The molecule has 1 aliphatic carbocycles. The average Bonchev–Trinajstić information content (AvgIpc) is 3.12. The van der Waals surface area contributed by atoms with E-state index in [1.165, 1.54) is 7.11 Å². The van der Waals surface area contributed by atoms with E-state index in [0.717, 1.165) is 0 Å². The van der Waals surface area contributed by atoms with E-state index in [9.17, 15) is 19.0 Å². The first kappa shape index (κ1) is 40.0. The SMILES string of the molecule is CCOP(=O)(OCC)Oc1c2cccc1Cc1cccc(c1OP(=O)(OCC)OCC)Cc1cccc(c1OCC(=O)OC)Cc1cccc(c1O)C2. The Morgan fingerprint density at radius 2 is 0.849 bits per heavy atom. The Morgan fingerprint density at radius 3 is 1.17 bits per heavy atom. The zero-order valence-electron chi connectivity index (χ0n) is 30.6. The van der Waals surface area contributed by atoms with Crippen LogP contribution in [-0.4, -0.2) is 51.2 Å². The van der Waals surface area contributed by atoms with Crippen LogP contribution in [0.4, 0.5) is 0 Å². The molecule has 0 spiro atoms. The molecule has 4 aromatic rings. The molecule has 1 N–H and O–H groups in total. The third kappa shape index (κ3) is 9.89. The number of phenolic OH excluding ortho intramolecular Hbond substituents is 1. The Kier molecular flexibility index (Phi) is 13.8. The molecule has 0 amide bonds. The van der Waals surface area contributed by atoms with E-state index in [4.69, 9.17) is 36.6 Å². The van der Waals surface area contributed by atoms with Crippen molar-refractivity contribution in [1.29, 1.82) is 0 Å². The Morgan fingerprint density at radius 1 is 0.547 bits per heavy atom. The molecule has 0 aromatic heterocycles. The molecule has 0 aliphatic heterocycles. The van der Waals surface area contributed by atoms with Crippen molar-refractivity contribution < 1.29 is 55.6 Å². The monoisotopic (exact) mass is 768 g/mol. The van der Waals surface area contributed by atoms with E-state index in [2.05, 4.69) is 0 Å². The summed E-state index contributed by atoms with van der Waals surface area (Å²) in [4.78, 5) is 12.3. The summed E-state index contributed by atoms with van der Waals surface area (Å²) in [6.45, 7) is 6.73. The minimum absolute atomic E-state index is 0.0690. The summed E-state index contributed by atoms with van der Waals surface area (Å²) in [5, 5.41) is 11.7. The summed E-state index contributed by atoms with van der Waals surface area (Å²) < 4.78 is 73.6. The first-order valence-corrected chi connectivity index (χ1v) is 20.5. The Labute approximate surface area is 310 Å². The highest BCUT2D eigenvalue weighted by Crippen LogP contribution is 2.54. The van der Waals surface area contributed by atoms with Gasteiger partial charge in [0.05, 0.1) is 33.5 Å². The average molecular weight is 769 g/mol. The number of esters is 1. The van der Waals surface area contributed by atoms with Gasteiger partial charge in [0.2, 0.25) is 0 Å².